The molecule has 0 spiro atoms. The van der Waals surface area contributed by atoms with Gasteiger partial charge in [-0.3, -0.25) is 14.9 Å². The van der Waals surface area contributed by atoms with Crippen molar-refractivity contribution in [1.29, 1.82) is 5.41 Å². The standard InChI is InChI=1S/C25H25N5O4S/c1-2-34-24(31)16-30-22-13-12-19(29-35(32,33)20-6-4-3-5-7-20)15-21(22)28-23(30)14-17-8-10-18(11-9-17)25(26)27/h3-13,15,29H,2,14,16H2,1H3,(H3,26,27). The second kappa shape index (κ2) is 9.98. The average Bonchev–Trinajstić information content (AvgIpc) is 3.15. The number of esters is 1. The number of hydrogen-bond acceptors (Lipinski definition) is 6. The molecular formula is C25H25N5O4S. The van der Waals surface area contributed by atoms with Gasteiger partial charge in [-0.1, -0.05) is 42.5 Å². The topological polar surface area (TPSA) is 140 Å². The van der Waals surface area contributed by atoms with Crippen LogP contribution in [-0.4, -0.2) is 36.4 Å². The smallest absolute Gasteiger partial charge is 0.326 e. The van der Waals surface area contributed by atoms with Crippen LogP contribution in [-0.2, 0) is 32.5 Å². The van der Waals surface area contributed by atoms with Crippen LogP contribution >= 0.6 is 0 Å². The first-order chi connectivity index (χ1) is 16.8. The number of nitrogens with one attached hydrogen (secondary N) is 2. The Morgan fingerprint density at radius 1 is 1.09 bits per heavy atom. The van der Waals surface area contributed by atoms with Crippen molar-refractivity contribution in [2.24, 2.45) is 5.73 Å². The monoisotopic (exact) mass is 491 g/mol. The molecule has 0 atom stereocenters. The van der Waals surface area contributed by atoms with Crippen LogP contribution in [0.4, 0.5) is 5.69 Å². The third-order valence-corrected chi connectivity index (χ3v) is 6.75. The summed E-state index contributed by atoms with van der Waals surface area (Å²) in [5.74, 6) is 0.206. The number of amidine groups is 1. The van der Waals surface area contributed by atoms with Crippen molar-refractivity contribution in [3.63, 3.8) is 0 Å². The average molecular weight is 492 g/mol. The molecule has 0 saturated carbocycles. The lowest BCUT2D eigenvalue weighted by atomic mass is 10.1. The molecular weight excluding hydrogens is 466 g/mol. The van der Waals surface area contributed by atoms with Gasteiger partial charge in [-0.25, -0.2) is 13.4 Å². The maximum absolute atomic E-state index is 12.7. The molecule has 180 valence electrons. The Bertz CT molecular complexity index is 1480. The summed E-state index contributed by atoms with van der Waals surface area (Å²) in [5, 5.41) is 7.55. The number of sulfonamides is 1. The van der Waals surface area contributed by atoms with E-state index in [0.29, 0.717) is 34.5 Å². The van der Waals surface area contributed by atoms with Crippen molar-refractivity contribution in [1.82, 2.24) is 9.55 Å². The van der Waals surface area contributed by atoms with E-state index >= 15 is 0 Å². The van der Waals surface area contributed by atoms with Crippen molar-refractivity contribution in [3.05, 3.63) is 89.7 Å². The Morgan fingerprint density at radius 2 is 1.80 bits per heavy atom. The summed E-state index contributed by atoms with van der Waals surface area (Å²) >= 11 is 0. The van der Waals surface area contributed by atoms with Crippen LogP contribution in [0, 0.1) is 5.41 Å². The van der Waals surface area contributed by atoms with E-state index in [-0.39, 0.29) is 23.9 Å². The largest absolute Gasteiger partial charge is 0.465 e. The molecule has 9 nitrogen and oxygen atoms in total. The molecule has 0 fully saturated rings. The number of carbonyl (C=O) groups excluding carboxylic acids is 1. The van der Waals surface area contributed by atoms with Crippen LogP contribution in [0.5, 0.6) is 0 Å². The number of nitrogen functional groups attached to an aromatic ring is 1. The highest BCUT2D eigenvalue weighted by Crippen LogP contribution is 2.24. The van der Waals surface area contributed by atoms with Crippen LogP contribution in [0.15, 0.2) is 77.7 Å². The maximum atomic E-state index is 12.7. The summed E-state index contributed by atoms with van der Waals surface area (Å²) in [5.41, 5.74) is 8.65. The number of nitrogens with two attached hydrogens (primary N) is 1. The zero-order valence-corrected chi connectivity index (χ0v) is 19.9. The van der Waals surface area contributed by atoms with Crippen molar-refractivity contribution < 1.29 is 17.9 Å². The number of rotatable bonds is 9. The summed E-state index contributed by atoms with van der Waals surface area (Å²) in [7, 11) is -3.76. The highest BCUT2D eigenvalue weighted by Gasteiger charge is 2.18. The molecule has 0 radical (unpaired) electrons. The SMILES string of the molecule is CCOC(=O)Cn1c(Cc2ccc(C(=N)N)cc2)nc2cc(NS(=O)(=O)c3ccccc3)ccc21. The highest BCUT2D eigenvalue weighted by molar-refractivity contribution is 7.92. The lowest BCUT2D eigenvalue weighted by Gasteiger charge is -2.10. The Kier molecular flexibility index (Phi) is 6.83. The van der Waals surface area contributed by atoms with E-state index in [0.717, 1.165) is 5.56 Å². The van der Waals surface area contributed by atoms with Crippen LogP contribution in [0.3, 0.4) is 0 Å². The van der Waals surface area contributed by atoms with Gasteiger partial charge in [-0.05, 0) is 42.8 Å². The van der Waals surface area contributed by atoms with Gasteiger partial charge in [0.05, 0.1) is 28.2 Å². The van der Waals surface area contributed by atoms with E-state index in [2.05, 4.69) is 4.72 Å². The fraction of sp³-hybridized carbons (Fsp3) is 0.160. The Labute approximate surface area is 203 Å². The molecule has 1 heterocycles. The third-order valence-electron chi connectivity index (χ3n) is 5.35. The lowest BCUT2D eigenvalue weighted by Crippen LogP contribution is -2.16. The van der Waals surface area contributed by atoms with Gasteiger partial charge < -0.3 is 15.0 Å². The minimum Gasteiger partial charge on any atom is -0.465 e. The van der Waals surface area contributed by atoms with E-state index in [9.17, 15) is 13.2 Å². The molecule has 4 N–H and O–H groups in total. The van der Waals surface area contributed by atoms with E-state index in [1.165, 1.54) is 12.1 Å². The van der Waals surface area contributed by atoms with Crippen molar-refractivity contribution in [2.45, 2.75) is 24.8 Å². The summed E-state index contributed by atoms with van der Waals surface area (Å²) in [6.45, 7) is 1.98. The van der Waals surface area contributed by atoms with Crippen molar-refractivity contribution >= 4 is 38.5 Å². The number of ether oxygens (including phenoxy) is 1. The first-order valence-corrected chi connectivity index (χ1v) is 12.4. The number of nitrogens with zero attached hydrogens (tertiary/aromatic N) is 2. The summed E-state index contributed by atoms with van der Waals surface area (Å²) in [6, 6.07) is 20.3. The number of aromatic nitrogens is 2. The second-order valence-corrected chi connectivity index (χ2v) is 9.51. The van der Waals surface area contributed by atoms with Gasteiger partial charge in [0.2, 0.25) is 0 Å². The Balaban J connectivity index is 1.69. The van der Waals surface area contributed by atoms with Gasteiger partial charge in [0.15, 0.2) is 0 Å². The Morgan fingerprint density at radius 3 is 2.46 bits per heavy atom. The van der Waals surface area contributed by atoms with Crippen LogP contribution in [0.25, 0.3) is 11.0 Å². The van der Waals surface area contributed by atoms with E-state index < -0.39 is 16.0 Å². The molecule has 0 bridgehead atoms. The Hall–Kier alpha value is -4.18. The first kappa shape index (κ1) is 24.0. The molecule has 1 aromatic heterocycles. The highest BCUT2D eigenvalue weighted by atomic mass is 32.2. The fourth-order valence-electron chi connectivity index (χ4n) is 3.69. The predicted molar refractivity (Wildman–Crippen MR) is 134 cm³/mol. The van der Waals surface area contributed by atoms with E-state index in [1.807, 2.05) is 12.1 Å². The van der Waals surface area contributed by atoms with Gasteiger partial charge in [-0.2, -0.15) is 0 Å². The van der Waals surface area contributed by atoms with Gasteiger partial charge in [0.25, 0.3) is 10.0 Å². The molecule has 4 rings (SSSR count). The van der Waals surface area contributed by atoms with Gasteiger partial charge >= 0.3 is 5.97 Å². The first-order valence-electron chi connectivity index (χ1n) is 10.9. The molecule has 0 aliphatic rings. The van der Waals surface area contributed by atoms with Gasteiger partial charge in [0.1, 0.15) is 18.2 Å². The van der Waals surface area contributed by atoms with Crippen molar-refractivity contribution in [2.75, 3.05) is 11.3 Å². The molecule has 0 amide bonds. The lowest BCUT2D eigenvalue weighted by molar-refractivity contribution is -0.143. The molecule has 35 heavy (non-hydrogen) atoms. The molecule has 0 aliphatic carbocycles. The van der Waals surface area contributed by atoms with Crippen molar-refractivity contribution in [3.8, 4) is 0 Å². The molecule has 4 aromatic rings. The second-order valence-electron chi connectivity index (χ2n) is 7.83. The molecule has 3 aromatic carbocycles. The number of anilines is 1. The zero-order valence-electron chi connectivity index (χ0n) is 19.1. The quantitative estimate of drug-likeness (QED) is 0.186. The third kappa shape index (κ3) is 5.49. The fourth-order valence-corrected chi connectivity index (χ4v) is 4.76. The van der Waals surface area contributed by atoms with Crippen LogP contribution < -0.4 is 10.5 Å². The predicted octanol–water partition coefficient (Wildman–Crippen LogP) is 3.28. The molecule has 0 unspecified atom stereocenters. The number of benzene rings is 3. The van der Waals surface area contributed by atoms with Crippen LogP contribution in [0.1, 0.15) is 23.9 Å². The summed E-state index contributed by atoms with van der Waals surface area (Å²) in [4.78, 5) is 17.1. The van der Waals surface area contributed by atoms with Gasteiger partial charge in [-0.15, -0.1) is 0 Å². The van der Waals surface area contributed by atoms with E-state index in [1.54, 1.807) is 60.0 Å². The summed E-state index contributed by atoms with van der Waals surface area (Å²) in [6.07, 6.45) is 0.414. The molecule has 0 saturated heterocycles. The molecule has 10 heteroatoms. The summed E-state index contributed by atoms with van der Waals surface area (Å²) < 4.78 is 34.9. The van der Waals surface area contributed by atoms with E-state index in [4.69, 9.17) is 20.9 Å². The number of imidazole rings is 1. The number of hydrogen-bond donors (Lipinski definition) is 3. The minimum atomic E-state index is -3.76. The normalized spacial score (nSPS) is 11.3. The number of carbonyl (C=O) groups is 1. The maximum Gasteiger partial charge on any atom is 0.326 e. The van der Waals surface area contributed by atoms with Crippen LogP contribution in [0.2, 0.25) is 0 Å². The van der Waals surface area contributed by atoms with Gasteiger partial charge in [0, 0.05) is 12.0 Å². The number of fused-ring (bicyclic) bond motifs is 1. The molecule has 0 aliphatic heterocycles. The zero-order chi connectivity index (χ0) is 25.0. The minimum absolute atomic E-state index is 0.0171.